The lowest BCUT2D eigenvalue weighted by Crippen LogP contribution is -2.33. The van der Waals surface area contributed by atoms with Crippen molar-refractivity contribution in [3.8, 4) is 0 Å². The first-order valence-corrected chi connectivity index (χ1v) is 12.7. The monoisotopic (exact) mass is 427 g/mol. The zero-order valence-electron chi connectivity index (χ0n) is 17.0. The normalized spacial score (nSPS) is 17.1. The van der Waals surface area contributed by atoms with Gasteiger partial charge in [-0.2, -0.15) is 4.31 Å². The van der Waals surface area contributed by atoms with E-state index in [2.05, 4.69) is 17.2 Å². The number of aromatic nitrogens is 1. The van der Waals surface area contributed by atoms with Crippen molar-refractivity contribution in [2.75, 3.05) is 18.8 Å². The average molecular weight is 428 g/mol. The van der Waals surface area contributed by atoms with E-state index in [1.807, 2.05) is 6.92 Å². The number of pyridine rings is 1. The third-order valence-electron chi connectivity index (χ3n) is 4.91. The van der Waals surface area contributed by atoms with E-state index in [4.69, 9.17) is 0 Å². The van der Waals surface area contributed by atoms with E-state index in [1.54, 1.807) is 16.4 Å². The summed E-state index contributed by atoms with van der Waals surface area (Å²) in [6.07, 6.45) is 9.87. The van der Waals surface area contributed by atoms with Gasteiger partial charge in [-0.1, -0.05) is 50.8 Å². The van der Waals surface area contributed by atoms with Crippen LogP contribution in [0.5, 0.6) is 0 Å². The summed E-state index contributed by atoms with van der Waals surface area (Å²) in [6.45, 7) is 5.35. The number of hydrogen-bond donors (Lipinski definition) is 1. The smallest absolute Gasteiger partial charge is 0.244 e. The fourth-order valence-electron chi connectivity index (χ4n) is 3.26. The Morgan fingerprint density at radius 3 is 2.54 bits per heavy atom. The third kappa shape index (κ3) is 7.37. The molecule has 0 aromatic carbocycles. The summed E-state index contributed by atoms with van der Waals surface area (Å²) in [5, 5.41) is 3.66. The molecule has 1 aromatic rings. The maximum absolute atomic E-state index is 12.8. The molecule has 1 atom stereocenters. The minimum Gasteiger partial charge on any atom is -0.353 e. The van der Waals surface area contributed by atoms with Gasteiger partial charge in [-0.25, -0.2) is 13.4 Å². The molecule has 1 aromatic heterocycles. The van der Waals surface area contributed by atoms with E-state index in [0.29, 0.717) is 18.1 Å². The maximum Gasteiger partial charge on any atom is 0.244 e. The molecular formula is C20H33N3O3S2. The minimum absolute atomic E-state index is 0.0166. The zero-order chi connectivity index (χ0) is 20.4. The predicted octanol–water partition coefficient (Wildman–Crippen LogP) is 3.82. The van der Waals surface area contributed by atoms with Crippen molar-refractivity contribution in [2.24, 2.45) is 0 Å². The van der Waals surface area contributed by atoms with Crippen LogP contribution >= 0.6 is 11.8 Å². The average Bonchev–Trinajstić information content (AvgIpc) is 2.97. The predicted molar refractivity (Wildman–Crippen MR) is 114 cm³/mol. The van der Waals surface area contributed by atoms with E-state index < -0.39 is 10.0 Å². The lowest BCUT2D eigenvalue weighted by atomic mass is 10.1. The van der Waals surface area contributed by atoms with Crippen molar-refractivity contribution in [3.63, 3.8) is 0 Å². The first kappa shape index (κ1) is 23.2. The number of nitrogens with zero attached hydrogens (tertiary/aromatic N) is 2. The van der Waals surface area contributed by atoms with E-state index in [-0.39, 0.29) is 22.6 Å². The standard InChI is InChI=1S/C20H33N3O3S2/c1-3-4-7-10-17(2)22-19(24)16-27-20-12-11-18(15-21-20)28(25,26)23-13-8-5-6-9-14-23/h11-12,15,17H,3-10,13-14,16H2,1-2H3,(H,22,24)/t17-/m1/s1. The molecule has 0 bridgehead atoms. The van der Waals surface area contributed by atoms with Gasteiger partial charge < -0.3 is 5.32 Å². The van der Waals surface area contributed by atoms with Crippen molar-refractivity contribution in [1.29, 1.82) is 0 Å². The highest BCUT2D eigenvalue weighted by atomic mass is 32.2. The van der Waals surface area contributed by atoms with Crippen LogP contribution in [0.1, 0.15) is 65.2 Å². The number of sulfonamides is 1. The molecule has 1 N–H and O–H groups in total. The molecule has 0 unspecified atom stereocenters. The summed E-state index contributed by atoms with van der Waals surface area (Å²) in [6, 6.07) is 3.46. The van der Waals surface area contributed by atoms with Gasteiger partial charge in [-0.3, -0.25) is 4.79 Å². The van der Waals surface area contributed by atoms with Gasteiger partial charge in [-0.15, -0.1) is 0 Å². The van der Waals surface area contributed by atoms with Gasteiger partial charge in [0.15, 0.2) is 0 Å². The van der Waals surface area contributed by atoms with Crippen LogP contribution in [0.15, 0.2) is 28.3 Å². The van der Waals surface area contributed by atoms with Crippen LogP contribution in [-0.4, -0.2) is 48.5 Å². The topological polar surface area (TPSA) is 79.4 Å². The molecule has 1 fully saturated rings. The number of rotatable bonds is 10. The van der Waals surface area contributed by atoms with Gasteiger partial charge >= 0.3 is 0 Å². The molecule has 0 aliphatic carbocycles. The van der Waals surface area contributed by atoms with Gasteiger partial charge in [-0.05, 0) is 38.3 Å². The molecule has 1 amide bonds. The summed E-state index contributed by atoms with van der Waals surface area (Å²) in [5.41, 5.74) is 0. The van der Waals surface area contributed by atoms with E-state index in [9.17, 15) is 13.2 Å². The molecular weight excluding hydrogens is 394 g/mol. The molecule has 6 nitrogen and oxygen atoms in total. The van der Waals surface area contributed by atoms with Crippen LogP contribution in [0.2, 0.25) is 0 Å². The second-order valence-electron chi connectivity index (χ2n) is 7.40. The highest BCUT2D eigenvalue weighted by Gasteiger charge is 2.25. The van der Waals surface area contributed by atoms with Gasteiger partial charge in [0, 0.05) is 25.3 Å². The summed E-state index contributed by atoms with van der Waals surface area (Å²) in [7, 11) is -3.48. The van der Waals surface area contributed by atoms with Crippen molar-refractivity contribution in [3.05, 3.63) is 18.3 Å². The van der Waals surface area contributed by atoms with Crippen LogP contribution in [0.4, 0.5) is 0 Å². The van der Waals surface area contributed by atoms with E-state index >= 15 is 0 Å². The Balaban J connectivity index is 1.84. The zero-order valence-corrected chi connectivity index (χ0v) is 18.7. The first-order chi connectivity index (χ1) is 13.4. The van der Waals surface area contributed by atoms with E-state index in [1.165, 1.54) is 30.8 Å². The number of amides is 1. The Kier molecular flexibility index (Phi) is 9.74. The van der Waals surface area contributed by atoms with Crippen molar-refractivity contribution < 1.29 is 13.2 Å². The third-order valence-corrected chi connectivity index (χ3v) is 7.74. The molecule has 0 spiro atoms. The van der Waals surface area contributed by atoms with Gasteiger partial charge in [0.05, 0.1) is 10.8 Å². The Morgan fingerprint density at radius 1 is 1.21 bits per heavy atom. The first-order valence-electron chi connectivity index (χ1n) is 10.3. The van der Waals surface area contributed by atoms with Crippen LogP contribution in [0.25, 0.3) is 0 Å². The van der Waals surface area contributed by atoms with Crippen molar-refractivity contribution in [1.82, 2.24) is 14.6 Å². The maximum atomic E-state index is 12.8. The second kappa shape index (κ2) is 11.8. The fraction of sp³-hybridized carbons (Fsp3) is 0.700. The Morgan fingerprint density at radius 2 is 1.93 bits per heavy atom. The SMILES string of the molecule is CCCCC[C@@H](C)NC(=O)CSc1ccc(S(=O)(=O)N2CCCCCC2)cn1. The number of carbonyl (C=O) groups is 1. The molecule has 0 radical (unpaired) electrons. The number of hydrogen-bond acceptors (Lipinski definition) is 5. The Hall–Kier alpha value is -1.12. The lowest BCUT2D eigenvalue weighted by molar-refractivity contribution is -0.119. The van der Waals surface area contributed by atoms with Crippen LogP contribution < -0.4 is 5.32 Å². The van der Waals surface area contributed by atoms with Crippen molar-refractivity contribution in [2.45, 2.75) is 81.2 Å². The summed E-state index contributed by atoms with van der Waals surface area (Å²) < 4.78 is 27.1. The summed E-state index contributed by atoms with van der Waals surface area (Å²) in [5.74, 6) is 0.264. The lowest BCUT2D eigenvalue weighted by Gasteiger charge is -2.19. The summed E-state index contributed by atoms with van der Waals surface area (Å²) >= 11 is 1.33. The largest absolute Gasteiger partial charge is 0.353 e. The molecule has 28 heavy (non-hydrogen) atoms. The molecule has 1 aliphatic heterocycles. The second-order valence-corrected chi connectivity index (χ2v) is 10.3. The highest BCUT2D eigenvalue weighted by Crippen LogP contribution is 2.22. The molecule has 8 heteroatoms. The Bertz CT molecular complexity index is 700. The molecule has 2 rings (SSSR count). The molecule has 1 aliphatic rings. The van der Waals surface area contributed by atoms with Gasteiger partial charge in [0.25, 0.3) is 0 Å². The van der Waals surface area contributed by atoms with E-state index in [0.717, 1.165) is 38.5 Å². The molecule has 2 heterocycles. The van der Waals surface area contributed by atoms with Gasteiger partial charge in [0.2, 0.25) is 15.9 Å². The highest BCUT2D eigenvalue weighted by molar-refractivity contribution is 7.99. The minimum atomic E-state index is -3.48. The summed E-state index contributed by atoms with van der Waals surface area (Å²) in [4.78, 5) is 16.5. The number of unbranched alkanes of at least 4 members (excludes halogenated alkanes) is 2. The van der Waals surface area contributed by atoms with Crippen LogP contribution in [-0.2, 0) is 14.8 Å². The number of carbonyl (C=O) groups excluding carboxylic acids is 1. The fourth-order valence-corrected chi connectivity index (χ4v) is 5.38. The molecule has 158 valence electrons. The molecule has 0 saturated carbocycles. The van der Waals surface area contributed by atoms with Crippen LogP contribution in [0.3, 0.4) is 0 Å². The van der Waals surface area contributed by atoms with Gasteiger partial charge in [0.1, 0.15) is 4.90 Å². The van der Waals surface area contributed by atoms with Crippen molar-refractivity contribution >= 4 is 27.7 Å². The number of nitrogens with one attached hydrogen (secondary N) is 1. The molecule has 1 saturated heterocycles. The quantitative estimate of drug-likeness (QED) is 0.453. The number of thioether (sulfide) groups is 1. The Labute approximate surface area is 173 Å². The van der Waals surface area contributed by atoms with Crippen LogP contribution in [0, 0.1) is 0 Å².